The van der Waals surface area contributed by atoms with Crippen molar-refractivity contribution in [2.75, 3.05) is 33.5 Å². The fraction of sp³-hybridized carbons (Fsp3) is 0.538. The van der Waals surface area contributed by atoms with Crippen LogP contribution in [0, 0.1) is 0 Å². The maximum Gasteiger partial charge on any atom is 0.133 e. The smallest absolute Gasteiger partial charge is 0.133 e. The third kappa shape index (κ3) is 5.35. The van der Waals surface area contributed by atoms with E-state index in [4.69, 9.17) is 19.9 Å². The van der Waals surface area contributed by atoms with E-state index in [2.05, 4.69) is 15.9 Å². The van der Waals surface area contributed by atoms with Crippen LogP contribution in [0.25, 0.3) is 0 Å². The Labute approximate surface area is 117 Å². The molecular formula is C13H20BrNO3. The highest BCUT2D eigenvalue weighted by Crippen LogP contribution is 2.27. The lowest BCUT2D eigenvalue weighted by Gasteiger charge is -2.11. The molecule has 5 heteroatoms. The van der Waals surface area contributed by atoms with E-state index in [9.17, 15) is 0 Å². The van der Waals surface area contributed by atoms with Crippen LogP contribution < -0.4 is 10.5 Å². The minimum Gasteiger partial charge on any atom is -0.490 e. The van der Waals surface area contributed by atoms with Crippen molar-refractivity contribution in [1.29, 1.82) is 0 Å². The molecule has 0 saturated heterocycles. The molecule has 1 aromatic rings. The lowest BCUT2D eigenvalue weighted by molar-refractivity contribution is 0.0543. The first kappa shape index (κ1) is 15.4. The third-order valence-corrected chi connectivity index (χ3v) is 3.02. The van der Waals surface area contributed by atoms with Gasteiger partial charge < -0.3 is 19.9 Å². The number of methoxy groups -OCH3 is 1. The number of ether oxygens (including phenoxy) is 3. The van der Waals surface area contributed by atoms with Crippen LogP contribution in [0.3, 0.4) is 0 Å². The molecule has 0 radical (unpaired) electrons. The van der Waals surface area contributed by atoms with Gasteiger partial charge in [0.2, 0.25) is 0 Å². The molecule has 0 heterocycles. The van der Waals surface area contributed by atoms with E-state index >= 15 is 0 Å². The summed E-state index contributed by atoms with van der Waals surface area (Å²) in [6, 6.07) is 5.88. The lowest BCUT2D eigenvalue weighted by atomic mass is 10.1. The van der Waals surface area contributed by atoms with E-state index in [-0.39, 0.29) is 6.04 Å². The topological polar surface area (TPSA) is 53.7 Å². The normalized spacial score (nSPS) is 12.4. The van der Waals surface area contributed by atoms with Gasteiger partial charge in [0.25, 0.3) is 0 Å². The Morgan fingerprint density at radius 2 is 1.94 bits per heavy atom. The van der Waals surface area contributed by atoms with Gasteiger partial charge in [-0.05, 0) is 40.5 Å². The van der Waals surface area contributed by atoms with E-state index in [1.165, 1.54) is 0 Å². The highest BCUT2D eigenvalue weighted by Gasteiger charge is 2.05. The molecule has 0 aromatic heterocycles. The van der Waals surface area contributed by atoms with Crippen molar-refractivity contribution in [2.45, 2.75) is 13.0 Å². The van der Waals surface area contributed by atoms with Gasteiger partial charge in [-0.15, -0.1) is 0 Å². The molecule has 0 spiro atoms. The molecule has 0 bridgehead atoms. The largest absolute Gasteiger partial charge is 0.490 e. The maximum atomic E-state index is 5.81. The molecule has 4 nitrogen and oxygen atoms in total. The van der Waals surface area contributed by atoms with Crippen molar-refractivity contribution in [2.24, 2.45) is 5.73 Å². The Bertz CT molecular complexity index is 358. The summed E-state index contributed by atoms with van der Waals surface area (Å²) in [5.41, 5.74) is 6.88. The molecule has 0 amide bonds. The van der Waals surface area contributed by atoms with Crippen LogP contribution in [0.4, 0.5) is 0 Å². The highest BCUT2D eigenvalue weighted by atomic mass is 79.9. The van der Waals surface area contributed by atoms with Crippen LogP contribution in [0.5, 0.6) is 5.75 Å². The van der Waals surface area contributed by atoms with Crippen LogP contribution in [0.15, 0.2) is 22.7 Å². The number of halogens is 1. The van der Waals surface area contributed by atoms with Gasteiger partial charge in [0.15, 0.2) is 0 Å². The van der Waals surface area contributed by atoms with Crippen molar-refractivity contribution >= 4 is 15.9 Å². The Morgan fingerprint density at radius 3 is 2.56 bits per heavy atom. The summed E-state index contributed by atoms with van der Waals surface area (Å²) in [5.74, 6) is 0.801. The van der Waals surface area contributed by atoms with Crippen LogP contribution in [0.1, 0.15) is 18.5 Å². The Morgan fingerprint density at radius 1 is 1.22 bits per heavy atom. The van der Waals surface area contributed by atoms with Crippen LogP contribution >= 0.6 is 15.9 Å². The molecule has 2 N–H and O–H groups in total. The number of nitrogens with two attached hydrogens (primary N) is 1. The molecular weight excluding hydrogens is 298 g/mol. The molecule has 1 atom stereocenters. The molecule has 0 aliphatic carbocycles. The lowest BCUT2D eigenvalue weighted by Crippen LogP contribution is -2.10. The summed E-state index contributed by atoms with van der Waals surface area (Å²) >= 11 is 3.47. The average Bonchev–Trinajstić information content (AvgIpc) is 2.35. The first-order valence-corrected chi connectivity index (χ1v) is 6.69. The van der Waals surface area contributed by atoms with Gasteiger partial charge in [0, 0.05) is 13.2 Å². The van der Waals surface area contributed by atoms with Gasteiger partial charge in [-0.2, -0.15) is 0 Å². The quantitative estimate of drug-likeness (QED) is 0.748. The van der Waals surface area contributed by atoms with Crippen molar-refractivity contribution < 1.29 is 14.2 Å². The van der Waals surface area contributed by atoms with Crippen LogP contribution in [0.2, 0.25) is 0 Å². The van der Waals surface area contributed by atoms with Crippen molar-refractivity contribution in [3.8, 4) is 5.75 Å². The molecule has 18 heavy (non-hydrogen) atoms. The fourth-order valence-corrected chi connectivity index (χ4v) is 1.88. The predicted octanol–water partition coefficient (Wildman–Crippen LogP) is 2.51. The Kier molecular flexibility index (Phi) is 7.27. The average molecular weight is 318 g/mol. The summed E-state index contributed by atoms with van der Waals surface area (Å²) in [7, 11) is 1.65. The number of rotatable bonds is 8. The summed E-state index contributed by atoms with van der Waals surface area (Å²) in [5, 5.41) is 0. The van der Waals surface area contributed by atoms with Crippen LogP contribution in [-0.2, 0) is 9.47 Å². The minimum absolute atomic E-state index is 0.0210. The Balaban J connectivity index is 2.34. The zero-order valence-corrected chi connectivity index (χ0v) is 12.4. The van der Waals surface area contributed by atoms with Gasteiger partial charge in [0.05, 0.1) is 24.3 Å². The van der Waals surface area contributed by atoms with Gasteiger partial charge in [-0.1, -0.05) is 6.07 Å². The summed E-state index contributed by atoms with van der Waals surface area (Å²) < 4.78 is 16.7. The van der Waals surface area contributed by atoms with Gasteiger partial charge in [-0.3, -0.25) is 0 Å². The van der Waals surface area contributed by atoms with Gasteiger partial charge in [-0.25, -0.2) is 0 Å². The number of benzene rings is 1. The van der Waals surface area contributed by atoms with Gasteiger partial charge in [0.1, 0.15) is 12.4 Å². The first-order chi connectivity index (χ1) is 8.65. The van der Waals surface area contributed by atoms with Crippen molar-refractivity contribution in [3.63, 3.8) is 0 Å². The molecule has 0 aliphatic rings. The summed E-state index contributed by atoms with van der Waals surface area (Å²) in [6.45, 7) is 4.20. The maximum absolute atomic E-state index is 5.81. The second-order valence-corrected chi connectivity index (χ2v) is 4.79. The highest BCUT2D eigenvalue weighted by molar-refractivity contribution is 9.10. The number of hydrogen-bond acceptors (Lipinski definition) is 4. The zero-order valence-electron chi connectivity index (χ0n) is 10.8. The molecule has 0 aliphatic heterocycles. The van der Waals surface area contributed by atoms with E-state index in [0.717, 1.165) is 15.8 Å². The SMILES string of the molecule is COCCOCCOc1ccc([C@H](C)N)cc1Br. The molecule has 0 saturated carbocycles. The predicted molar refractivity (Wildman–Crippen MR) is 74.9 cm³/mol. The standard InChI is InChI=1S/C13H20BrNO3/c1-10(15)11-3-4-13(12(14)9-11)18-8-7-17-6-5-16-2/h3-4,9-10H,5-8,15H2,1-2H3/t10-/m0/s1. The van der Waals surface area contributed by atoms with E-state index < -0.39 is 0 Å². The molecule has 0 fully saturated rings. The third-order valence-electron chi connectivity index (χ3n) is 2.40. The van der Waals surface area contributed by atoms with Gasteiger partial charge >= 0.3 is 0 Å². The summed E-state index contributed by atoms with van der Waals surface area (Å²) in [6.07, 6.45) is 0. The summed E-state index contributed by atoms with van der Waals surface area (Å²) in [4.78, 5) is 0. The van der Waals surface area contributed by atoms with E-state index in [1.807, 2.05) is 25.1 Å². The fourth-order valence-electron chi connectivity index (χ4n) is 1.37. The molecule has 102 valence electrons. The molecule has 1 aromatic carbocycles. The minimum atomic E-state index is 0.0210. The monoisotopic (exact) mass is 317 g/mol. The molecule has 1 rings (SSSR count). The van der Waals surface area contributed by atoms with E-state index in [0.29, 0.717) is 26.4 Å². The second kappa shape index (κ2) is 8.48. The second-order valence-electron chi connectivity index (χ2n) is 3.93. The Hall–Kier alpha value is -0.620. The van der Waals surface area contributed by atoms with E-state index in [1.54, 1.807) is 7.11 Å². The van der Waals surface area contributed by atoms with Crippen LogP contribution in [-0.4, -0.2) is 33.5 Å². The number of hydrogen-bond donors (Lipinski definition) is 1. The van der Waals surface area contributed by atoms with Crippen molar-refractivity contribution in [3.05, 3.63) is 28.2 Å². The zero-order chi connectivity index (χ0) is 13.4. The first-order valence-electron chi connectivity index (χ1n) is 5.89. The molecule has 0 unspecified atom stereocenters. The van der Waals surface area contributed by atoms with Crippen molar-refractivity contribution in [1.82, 2.24) is 0 Å².